The Morgan fingerprint density at radius 1 is 1.21 bits per heavy atom. The van der Waals surface area contributed by atoms with Crippen molar-refractivity contribution in [1.29, 1.82) is 0 Å². The van der Waals surface area contributed by atoms with E-state index < -0.39 is 5.60 Å². The summed E-state index contributed by atoms with van der Waals surface area (Å²) in [5.41, 5.74) is 4.65. The highest BCUT2D eigenvalue weighted by atomic mass is 16.5. The number of rotatable bonds is 5. The van der Waals surface area contributed by atoms with Gasteiger partial charge < -0.3 is 14.7 Å². The van der Waals surface area contributed by atoms with Crippen LogP contribution in [0.4, 0.5) is 0 Å². The molecule has 1 saturated heterocycles. The number of hydrogen-bond acceptors (Lipinski definition) is 3. The van der Waals surface area contributed by atoms with Gasteiger partial charge in [0.1, 0.15) is 17.1 Å². The molecule has 1 N–H and O–H groups in total. The summed E-state index contributed by atoms with van der Waals surface area (Å²) in [7, 11) is 0. The largest absolute Gasteiger partial charge is 0.506 e. The highest BCUT2D eigenvalue weighted by molar-refractivity contribution is 6.02. The minimum Gasteiger partial charge on any atom is -0.506 e. The van der Waals surface area contributed by atoms with Crippen molar-refractivity contribution in [2.45, 2.75) is 65.4 Å². The third-order valence-electron chi connectivity index (χ3n) is 6.21. The maximum absolute atomic E-state index is 13.2. The molecule has 2 aliphatic heterocycles. The maximum Gasteiger partial charge on any atom is 0.257 e. The van der Waals surface area contributed by atoms with Gasteiger partial charge in [-0.1, -0.05) is 43.5 Å². The lowest BCUT2D eigenvalue weighted by molar-refractivity contribution is 0.0647. The van der Waals surface area contributed by atoms with Crippen LogP contribution in [0.3, 0.4) is 0 Å². The average molecular weight is 394 g/mol. The summed E-state index contributed by atoms with van der Waals surface area (Å²) in [6.45, 7) is 9.85. The van der Waals surface area contributed by atoms with E-state index in [-0.39, 0.29) is 11.7 Å². The zero-order valence-electron chi connectivity index (χ0n) is 18.0. The number of likely N-dealkylation sites (tertiary alicyclic amines) is 1. The first-order valence-electron chi connectivity index (χ1n) is 10.8. The van der Waals surface area contributed by atoms with Crippen molar-refractivity contribution in [3.05, 3.63) is 46.5 Å². The Kier molecular flexibility index (Phi) is 5.05. The Morgan fingerprint density at radius 3 is 2.62 bits per heavy atom. The fourth-order valence-electron chi connectivity index (χ4n) is 4.44. The first kappa shape index (κ1) is 19.8. The SMILES string of the molecule is CCCCCc1cc2c(c(O)c1C(=O)N1CCC1)-c1cc(C)ccc1C(C)(C)O2. The fraction of sp³-hybridized carbons (Fsp3) is 0.480. The van der Waals surface area contributed by atoms with E-state index in [9.17, 15) is 9.90 Å². The average Bonchev–Trinajstić information content (AvgIpc) is 2.59. The molecule has 2 aromatic rings. The van der Waals surface area contributed by atoms with Crippen molar-refractivity contribution < 1.29 is 14.6 Å². The molecule has 29 heavy (non-hydrogen) atoms. The lowest BCUT2D eigenvalue weighted by atomic mass is 9.83. The molecule has 4 heteroatoms. The molecule has 0 aliphatic carbocycles. The number of carbonyl (C=O) groups is 1. The number of amides is 1. The molecule has 0 atom stereocenters. The number of ether oxygens (including phenoxy) is 1. The van der Waals surface area contributed by atoms with Gasteiger partial charge in [0.2, 0.25) is 0 Å². The van der Waals surface area contributed by atoms with Crippen molar-refractivity contribution in [1.82, 2.24) is 4.90 Å². The van der Waals surface area contributed by atoms with Crippen LogP contribution in [0.25, 0.3) is 11.1 Å². The summed E-state index contributed by atoms with van der Waals surface area (Å²) in [6, 6.07) is 8.23. The second kappa shape index (κ2) is 7.40. The van der Waals surface area contributed by atoms with Crippen molar-refractivity contribution in [2.24, 2.45) is 0 Å². The second-order valence-corrected chi connectivity index (χ2v) is 8.90. The molecule has 0 bridgehead atoms. The number of unbranched alkanes of at least 4 members (excludes halogenated alkanes) is 2. The quantitative estimate of drug-likeness (QED) is 0.675. The number of fused-ring (bicyclic) bond motifs is 3. The van der Waals surface area contributed by atoms with Gasteiger partial charge in [0.05, 0.1) is 11.1 Å². The van der Waals surface area contributed by atoms with Crippen molar-refractivity contribution in [2.75, 3.05) is 13.1 Å². The first-order valence-corrected chi connectivity index (χ1v) is 10.8. The highest BCUT2D eigenvalue weighted by Crippen LogP contribution is 2.51. The number of hydrogen-bond donors (Lipinski definition) is 1. The molecule has 0 aromatic heterocycles. The molecular formula is C25H31NO3. The van der Waals surface area contributed by atoms with Crippen LogP contribution < -0.4 is 4.74 Å². The summed E-state index contributed by atoms with van der Waals surface area (Å²) >= 11 is 0. The molecule has 1 amide bonds. The van der Waals surface area contributed by atoms with E-state index >= 15 is 0 Å². The molecule has 2 aliphatic rings. The number of aryl methyl sites for hydroxylation is 2. The summed E-state index contributed by atoms with van der Waals surface area (Å²) in [4.78, 5) is 15.0. The zero-order valence-corrected chi connectivity index (χ0v) is 18.0. The van der Waals surface area contributed by atoms with Gasteiger partial charge in [0, 0.05) is 18.7 Å². The molecule has 4 nitrogen and oxygen atoms in total. The van der Waals surface area contributed by atoms with Crippen molar-refractivity contribution in [3.8, 4) is 22.6 Å². The van der Waals surface area contributed by atoms with Crippen LogP contribution in [0.1, 0.15) is 73.5 Å². The standard InChI is InChI=1S/C25H31NO3/c1-5-6-7-9-17-15-20-22(23(27)21(17)24(28)26-12-8-13-26)18-14-16(2)10-11-19(18)25(3,4)29-20/h10-11,14-15,27H,5-9,12-13H2,1-4H3. The third-order valence-corrected chi connectivity index (χ3v) is 6.21. The van der Waals surface area contributed by atoms with Gasteiger partial charge >= 0.3 is 0 Å². The molecule has 0 spiro atoms. The Hall–Kier alpha value is -2.49. The maximum atomic E-state index is 13.2. The van der Waals surface area contributed by atoms with Crippen LogP contribution >= 0.6 is 0 Å². The molecule has 0 unspecified atom stereocenters. The number of phenolic OH excluding ortho intramolecular Hbond substituents is 1. The first-order chi connectivity index (χ1) is 13.8. The van der Waals surface area contributed by atoms with E-state index in [1.807, 2.05) is 17.9 Å². The number of carbonyl (C=O) groups excluding carboxylic acids is 1. The van der Waals surface area contributed by atoms with Gasteiger partial charge in [-0.05, 0) is 57.2 Å². The van der Waals surface area contributed by atoms with Crippen LogP contribution in [-0.4, -0.2) is 29.0 Å². The number of nitrogens with zero attached hydrogens (tertiary/aromatic N) is 1. The molecule has 0 saturated carbocycles. The lowest BCUT2D eigenvalue weighted by Crippen LogP contribution is -2.42. The van der Waals surface area contributed by atoms with E-state index in [1.54, 1.807) is 0 Å². The Morgan fingerprint density at radius 2 is 1.97 bits per heavy atom. The van der Waals surface area contributed by atoms with E-state index in [4.69, 9.17) is 4.74 Å². The normalized spacial score (nSPS) is 16.5. The Balaban J connectivity index is 1.91. The predicted octanol–water partition coefficient (Wildman–Crippen LogP) is 5.57. The lowest BCUT2D eigenvalue weighted by Gasteiger charge is -2.37. The zero-order chi connectivity index (χ0) is 20.8. The summed E-state index contributed by atoms with van der Waals surface area (Å²) < 4.78 is 6.36. The van der Waals surface area contributed by atoms with Gasteiger partial charge in [-0.25, -0.2) is 0 Å². The molecule has 0 radical (unpaired) electrons. The Bertz CT molecular complexity index is 957. The van der Waals surface area contributed by atoms with Crippen LogP contribution in [0, 0.1) is 6.92 Å². The van der Waals surface area contributed by atoms with E-state index in [0.29, 0.717) is 16.9 Å². The monoisotopic (exact) mass is 393 g/mol. The summed E-state index contributed by atoms with van der Waals surface area (Å²) in [5.74, 6) is 0.701. The van der Waals surface area contributed by atoms with Gasteiger partial charge in [-0.2, -0.15) is 0 Å². The van der Waals surface area contributed by atoms with Crippen LogP contribution in [0.2, 0.25) is 0 Å². The van der Waals surface area contributed by atoms with Crippen LogP contribution in [0.5, 0.6) is 11.5 Å². The minimum absolute atomic E-state index is 0.0536. The molecule has 2 aromatic carbocycles. The number of aromatic hydroxyl groups is 1. The Labute approximate surface area is 173 Å². The second-order valence-electron chi connectivity index (χ2n) is 8.90. The topological polar surface area (TPSA) is 49.8 Å². The molecule has 4 rings (SSSR count). The third kappa shape index (κ3) is 3.39. The van der Waals surface area contributed by atoms with E-state index in [1.165, 1.54) is 0 Å². The van der Waals surface area contributed by atoms with Gasteiger partial charge in [-0.15, -0.1) is 0 Å². The molecule has 1 fully saturated rings. The van der Waals surface area contributed by atoms with Gasteiger partial charge in [-0.3, -0.25) is 4.79 Å². The molecule has 2 heterocycles. The number of benzene rings is 2. The van der Waals surface area contributed by atoms with E-state index in [2.05, 4.69) is 39.0 Å². The predicted molar refractivity (Wildman–Crippen MR) is 116 cm³/mol. The van der Waals surface area contributed by atoms with Crippen LogP contribution in [-0.2, 0) is 12.0 Å². The summed E-state index contributed by atoms with van der Waals surface area (Å²) in [5, 5.41) is 11.4. The minimum atomic E-state index is -0.494. The van der Waals surface area contributed by atoms with Crippen molar-refractivity contribution >= 4 is 5.91 Å². The van der Waals surface area contributed by atoms with Crippen LogP contribution in [0.15, 0.2) is 24.3 Å². The molecular weight excluding hydrogens is 362 g/mol. The smallest absolute Gasteiger partial charge is 0.257 e. The summed E-state index contributed by atoms with van der Waals surface area (Å²) in [6.07, 6.45) is 5.01. The van der Waals surface area contributed by atoms with Gasteiger partial charge in [0.25, 0.3) is 5.91 Å². The fourth-order valence-corrected chi connectivity index (χ4v) is 4.44. The molecule has 154 valence electrons. The van der Waals surface area contributed by atoms with Gasteiger partial charge in [0.15, 0.2) is 0 Å². The highest BCUT2D eigenvalue weighted by Gasteiger charge is 2.37. The van der Waals surface area contributed by atoms with E-state index in [0.717, 1.165) is 67.4 Å². The number of phenols is 1. The van der Waals surface area contributed by atoms with Crippen molar-refractivity contribution in [3.63, 3.8) is 0 Å².